The van der Waals surface area contributed by atoms with Crippen molar-refractivity contribution < 1.29 is 13.0 Å². The number of fused-ring (bicyclic) bond motifs is 1. The zero-order valence-electron chi connectivity index (χ0n) is 22.2. The second-order valence-electron chi connectivity index (χ2n) is 10.3. The van der Waals surface area contributed by atoms with E-state index in [-0.39, 0.29) is 5.41 Å². The Labute approximate surface area is 237 Å². The minimum atomic E-state index is -3.67. The quantitative estimate of drug-likeness (QED) is 0.213. The molecule has 0 saturated carbocycles. The fourth-order valence-corrected chi connectivity index (χ4v) is 4.70. The first kappa shape index (κ1) is 28.8. The molecule has 0 spiro atoms. The molecule has 2 N–H and O–H groups in total. The molecule has 0 radical (unpaired) electrons. The number of benzene rings is 2. The molecular formula is C28H29Cl2N5O3S. The summed E-state index contributed by atoms with van der Waals surface area (Å²) in [6.07, 6.45) is 0.715. The van der Waals surface area contributed by atoms with Crippen LogP contribution in [0.25, 0.3) is 45.2 Å². The van der Waals surface area contributed by atoms with Crippen LogP contribution in [0.1, 0.15) is 26.6 Å². The third-order valence-corrected chi connectivity index (χ3v) is 6.25. The van der Waals surface area contributed by atoms with Crippen LogP contribution in [0, 0.1) is 12.3 Å². The first-order valence-corrected chi connectivity index (χ1v) is 14.7. The van der Waals surface area contributed by atoms with Crippen LogP contribution in [0.15, 0.2) is 60.7 Å². The Hall–Kier alpha value is -3.24. The van der Waals surface area contributed by atoms with E-state index in [0.717, 1.165) is 46.2 Å². The Bertz CT molecular complexity index is 1710. The van der Waals surface area contributed by atoms with Crippen molar-refractivity contribution in [1.29, 1.82) is 0 Å². The lowest BCUT2D eigenvalue weighted by Gasteiger charge is -2.20. The molecule has 0 fully saturated rings. The summed E-state index contributed by atoms with van der Waals surface area (Å²) in [6.45, 7) is 9.48. The SMILES string of the molecule is CS(=O)(=O)O.Cc1nc2ccc(-c3[nH]c(-c4c(Cl)cccc4Cl)nc3-c3ccccc3)nc2n1CC(C)(C)C. The molecule has 0 bridgehead atoms. The van der Waals surface area contributed by atoms with Crippen molar-refractivity contribution in [2.24, 2.45) is 5.41 Å². The van der Waals surface area contributed by atoms with E-state index >= 15 is 0 Å². The van der Waals surface area contributed by atoms with Gasteiger partial charge in [-0.2, -0.15) is 8.42 Å². The third kappa shape index (κ3) is 7.05. The molecule has 5 aromatic rings. The second-order valence-corrected chi connectivity index (χ2v) is 12.6. The first-order chi connectivity index (χ1) is 18.2. The number of nitrogens with one attached hydrogen (secondary N) is 1. The monoisotopic (exact) mass is 585 g/mol. The molecule has 3 aromatic heterocycles. The van der Waals surface area contributed by atoms with Gasteiger partial charge < -0.3 is 9.55 Å². The second kappa shape index (κ2) is 11.1. The van der Waals surface area contributed by atoms with Gasteiger partial charge in [0.05, 0.1) is 38.9 Å². The highest BCUT2D eigenvalue weighted by atomic mass is 35.5. The molecule has 2 aromatic carbocycles. The average molecular weight is 587 g/mol. The minimum absolute atomic E-state index is 0.0905. The molecule has 5 rings (SSSR count). The van der Waals surface area contributed by atoms with E-state index in [1.54, 1.807) is 0 Å². The summed E-state index contributed by atoms with van der Waals surface area (Å²) in [4.78, 5) is 18.2. The summed E-state index contributed by atoms with van der Waals surface area (Å²) in [6, 6.07) is 19.5. The Morgan fingerprint density at radius 3 is 2.13 bits per heavy atom. The van der Waals surface area contributed by atoms with E-state index in [4.69, 9.17) is 42.7 Å². The van der Waals surface area contributed by atoms with E-state index < -0.39 is 10.1 Å². The number of aryl methyl sites for hydroxylation is 1. The fourth-order valence-electron chi connectivity index (χ4n) is 4.12. The van der Waals surface area contributed by atoms with Gasteiger partial charge in [0.15, 0.2) is 5.65 Å². The van der Waals surface area contributed by atoms with Crippen LogP contribution in [0.3, 0.4) is 0 Å². The van der Waals surface area contributed by atoms with Crippen molar-refractivity contribution in [3.63, 3.8) is 0 Å². The summed E-state index contributed by atoms with van der Waals surface area (Å²) in [5, 5.41) is 1.07. The molecule has 0 saturated heterocycles. The topological polar surface area (TPSA) is 114 Å². The van der Waals surface area contributed by atoms with E-state index in [1.165, 1.54) is 0 Å². The maximum absolute atomic E-state index is 9.19. The van der Waals surface area contributed by atoms with Gasteiger partial charge in [-0.05, 0) is 36.6 Å². The van der Waals surface area contributed by atoms with Crippen LogP contribution in [0.2, 0.25) is 10.0 Å². The fraction of sp³-hybridized carbons (Fsp3) is 0.250. The molecular weight excluding hydrogens is 557 g/mol. The average Bonchev–Trinajstić information content (AvgIpc) is 3.39. The van der Waals surface area contributed by atoms with E-state index in [0.29, 0.717) is 27.7 Å². The number of halogens is 2. The third-order valence-electron chi connectivity index (χ3n) is 5.62. The first-order valence-electron chi connectivity index (χ1n) is 12.1. The van der Waals surface area contributed by atoms with Crippen LogP contribution in [-0.2, 0) is 16.7 Å². The maximum Gasteiger partial charge on any atom is 0.261 e. The number of aromatic amines is 1. The molecule has 0 aliphatic rings. The Balaban J connectivity index is 0.000000648. The molecule has 0 unspecified atom stereocenters. The predicted octanol–water partition coefficient (Wildman–Crippen LogP) is 7.32. The van der Waals surface area contributed by atoms with Gasteiger partial charge in [-0.3, -0.25) is 4.55 Å². The van der Waals surface area contributed by atoms with Gasteiger partial charge in [0.25, 0.3) is 10.1 Å². The maximum atomic E-state index is 9.19. The Kier molecular flexibility index (Phi) is 8.18. The lowest BCUT2D eigenvalue weighted by atomic mass is 9.97. The number of nitrogens with zero attached hydrogens (tertiary/aromatic N) is 4. The molecule has 0 aliphatic carbocycles. The van der Waals surface area contributed by atoms with Crippen molar-refractivity contribution in [3.8, 4) is 34.0 Å². The summed E-state index contributed by atoms with van der Waals surface area (Å²) in [5.74, 6) is 1.55. The van der Waals surface area contributed by atoms with Crippen molar-refractivity contribution in [1.82, 2.24) is 24.5 Å². The number of aromatic nitrogens is 5. The number of hydrogen-bond donors (Lipinski definition) is 2. The van der Waals surface area contributed by atoms with Crippen LogP contribution < -0.4 is 0 Å². The van der Waals surface area contributed by atoms with Crippen molar-refractivity contribution in [3.05, 3.63) is 76.5 Å². The lowest BCUT2D eigenvalue weighted by molar-refractivity contribution is 0.344. The van der Waals surface area contributed by atoms with Gasteiger partial charge in [-0.25, -0.2) is 15.0 Å². The number of pyridine rings is 1. The molecule has 11 heteroatoms. The zero-order chi connectivity index (χ0) is 28.5. The highest BCUT2D eigenvalue weighted by Crippen LogP contribution is 2.38. The van der Waals surface area contributed by atoms with Crippen LogP contribution in [0.5, 0.6) is 0 Å². The summed E-state index contributed by atoms with van der Waals surface area (Å²) in [7, 11) is -3.67. The van der Waals surface area contributed by atoms with Gasteiger partial charge >= 0.3 is 0 Å². The zero-order valence-corrected chi connectivity index (χ0v) is 24.5. The summed E-state index contributed by atoms with van der Waals surface area (Å²) in [5.41, 5.74) is 5.85. The molecule has 0 atom stereocenters. The van der Waals surface area contributed by atoms with Gasteiger partial charge in [-0.15, -0.1) is 0 Å². The van der Waals surface area contributed by atoms with Crippen molar-refractivity contribution >= 4 is 44.5 Å². The molecule has 0 amide bonds. The van der Waals surface area contributed by atoms with Crippen LogP contribution >= 0.6 is 23.2 Å². The number of rotatable bonds is 4. The largest absolute Gasteiger partial charge is 0.336 e. The van der Waals surface area contributed by atoms with Gasteiger partial charge in [0.2, 0.25) is 0 Å². The van der Waals surface area contributed by atoms with Crippen molar-refractivity contribution in [2.45, 2.75) is 34.2 Å². The normalized spacial score (nSPS) is 11.9. The molecule has 0 aliphatic heterocycles. The van der Waals surface area contributed by atoms with E-state index in [2.05, 4.69) is 30.3 Å². The number of H-pyrrole nitrogens is 1. The Morgan fingerprint density at radius 1 is 0.923 bits per heavy atom. The van der Waals surface area contributed by atoms with Crippen LogP contribution in [0.4, 0.5) is 0 Å². The number of hydrogen-bond acceptors (Lipinski definition) is 5. The summed E-state index contributed by atoms with van der Waals surface area (Å²) >= 11 is 13.0. The predicted molar refractivity (Wildman–Crippen MR) is 158 cm³/mol. The van der Waals surface area contributed by atoms with Gasteiger partial charge in [0.1, 0.15) is 17.2 Å². The molecule has 39 heavy (non-hydrogen) atoms. The summed E-state index contributed by atoms with van der Waals surface area (Å²) < 4.78 is 28.1. The highest BCUT2D eigenvalue weighted by Gasteiger charge is 2.21. The van der Waals surface area contributed by atoms with Crippen molar-refractivity contribution in [2.75, 3.05) is 6.26 Å². The van der Waals surface area contributed by atoms with Crippen LogP contribution in [-0.4, -0.2) is 43.7 Å². The standard InChI is InChI=1S/C27H25Cl2N5.CH4O3S/c1-16-30-21-14-13-20(31-26(21)34(16)15-27(2,3)4)24-23(17-9-6-5-7-10-17)32-25(33-24)22-18(28)11-8-12-19(22)29;1-5(2,3)4/h5-14H,15H2,1-4H3,(H,32,33);1H3,(H,2,3,4). The smallest absolute Gasteiger partial charge is 0.261 e. The van der Waals surface area contributed by atoms with E-state index in [9.17, 15) is 8.42 Å². The van der Waals surface area contributed by atoms with Gasteiger partial charge in [0, 0.05) is 12.1 Å². The minimum Gasteiger partial charge on any atom is -0.336 e. The molecule has 204 valence electrons. The lowest BCUT2D eigenvalue weighted by Crippen LogP contribution is -2.16. The van der Waals surface area contributed by atoms with Gasteiger partial charge in [-0.1, -0.05) is 80.4 Å². The molecule has 3 heterocycles. The van der Waals surface area contributed by atoms with E-state index in [1.807, 2.05) is 67.6 Å². The molecule has 8 nitrogen and oxygen atoms in total. The highest BCUT2D eigenvalue weighted by molar-refractivity contribution is 7.85. The Morgan fingerprint density at radius 2 is 1.54 bits per heavy atom. The number of imidazole rings is 2.